The summed E-state index contributed by atoms with van der Waals surface area (Å²) in [6, 6.07) is 2.99. The van der Waals surface area contributed by atoms with Gasteiger partial charge in [-0.3, -0.25) is 0 Å². The zero-order chi connectivity index (χ0) is 14.5. The molecule has 1 aromatic heterocycles. The van der Waals surface area contributed by atoms with Crippen LogP contribution in [0.3, 0.4) is 0 Å². The van der Waals surface area contributed by atoms with Gasteiger partial charge in [0.15, 0.2) is 0 Å². The van der Waals surface area contributed by atoms with Gasteiger partial charge in [-0.05, 0) is 42.2 Å². The minimum atomic E-state index is -1.11. The normalized spacial score (nSPS) is 24.1. The molecular formula is C15H22O4. The highest BCUT2D eigenvalue weighted by Gasteiger charge is 2.49. The average Bonchev–Trinajstić information content (AvgIpc) is 2.59. The maximum Gasteiger partial charge on any atom is 0.371 e. The quantitative estimate of drug-likeness (QED) is 0.860. The van der Waals surface area contributed by atoms with E-state index in [-0.39, 0.29) is 16.6 Å². The SMILES string of the molecule is CC1(C)CC(C)(C)CC(O)(c2ccc(C(=O)O)o2)C1. The molecule has 0 saturated heterocycles. The Morgan fingerprint density at radius 3 is 2.05 bits per heavy atom. The summed E-state index contributed by atoms with van der Waals surface area (Å²) in [5.41, 5.74) is -1.10. The molecule has 1 fully saturated rings. The van der Waals surface area contributed by atoms with Crippen LogP contribution >= 0.6 is 0 Å². The number of hydrogen-bond acceptors (Lipinski definition) is 3. The van der Waals surface area contributed by atoms with E-state index in [1.807, 2.05) is 0 Å². The van der Waals surface area contributed by atoms with Gasteiger partial charge in [-0.1, -0.05) is 27.7 Å². The van der Waals surface area contributed by atoms with Crippen LogP contribution in [-0.2, 0) is 5.60 Å². The lowest BCUT2D eigenvalue weighted by Gasteiger charge is -2.48. The van der Waals surface area contributed by atoms with E-state index in [0.717, 1.165) is 6.42 Å². The van der Waals surface area contributed by atoms with Gasteiger partial charge in [0.05, 0.1) is 0 Å². The van der Waals surface area contributed by atoms with E-state index in [9.17, 15) is 9.90 Å². The van der Waals surface area contributed by atoms with E-state index in [1.165, 1.54) is 6.07 Å². The summed E-state index contributed by atoms with van der Waals surface area (Å²) in [7, 11) is 0. The standard InChI is InChI=1S/C15H22O4/c1-13(2)7-14(3,4)9-15(18,8-13)11-6-5-10(19-11)12(16)17/h5-6,18H,7-9H2,1-4H3,(H,16,17). The van der Waals surface area contributed by atoms with Crippen molar-refractivity contribution in [3.8, 4) is 0 Å². The Morgan fingerprint density at radius 2 is 1.63 bits per heavy atom. The number of aliphatic hydroxyl groups is 1. The van der Waals surface area contributed by atoms with Crippen LogP contribution < -0.4 is 0 Å². The zero-order valence-corrected chi connectivity index (χ0v) is 12.0. The monoisotopic (exact) mass is 266 g/mol. The van der Waals surface area contributed by atoms with Gasteiger partial charge >= 0.3 is 5.97 Å². The van der Waals surface area contributed by atoms with E-state index >= 15 is 0 Å². The molecule has 1 aliphatic rings. The van der Waals surface area contributed by atoms with Crippen molar-refractivity contribution >= 4 is 5.97 Å². The molecule has 106 valence electrons. The van der Waals surface area contributed by atoms with Crippen LogP contribution in [0.5, 0.6) is 0 Å². The van der Waals surface area contributed by atoms with E-state index in [4.69, 9.17) is 9.52 Å². The van der Waals surface area contributed by atoms with Gasteiger partial charge in [0.25, 0.3) is 0 Å². The number of hydrogen-bond donors (Lipinski definition) is 2. The number of carbonyl (C=O) groups is 1. The maximum absolute atomic E-state index is 10.9. The molecule has 0 unspecified atom stereocenters. The van der Waals surface area contributed by atoms with Gasteiger partial charge in [-0.15, -0.1) is 0 Å². The number of furan rings is 1. The number of aromatic carboxylic acids is 1. The van der Waals surface area contributed by atoms with Crippen LogP contribution in [0.4, 0.5) is 0 Å². The third-order valence-corrected chi connectivity index (χ3v) is 3.77. The van der Waals surface area contributed by atoms with Gasteiger partial charge in [-0.2, -0.15) is 0 Å². The molecule has 2 N–H and O–H groups in total. The maximum atomic E-state index is 10.9. The fraction of sp³-hybridized carbons (Fsp3) is 0.667. The minimum Gasteiger partial charge on any atom is -0.475 e. The topological polar surface area (TPSA) is 70.7 Å². The van der Waals surface area contributed by atoms with Crippen molar-refractivity contribution in [2.24, 2.45) is 10.8 Å². The van der Waals surface area contributed by atoms with Crippen LogP contribution in [0.2, 0.25) is 0 Å². The molecular weight excluding hydrogens is 244 g/mol. The van der Waals surface area contributed by atoms with Crippen LogP contribution in [0.25, 0.3) is 0 Å². The Balaban J connectivity index is 2.37. The lowest BCUT2D eigenvalue weighted by atomic mass is 9.59. The molecule has 0 aliphatic heterocycles. The molecule has 1 aliphatic carbocycles. The fourth-order valence-electron chi connectivity index (χ4n) is 3.94. The summed E-state index contributed by atoms with van der Waals surface area (Å²) in [6.07, 6.45) is 2.18. The predicted octanol–water partition coefficient (Wildman–Crippen LogP) is 3.40. The Hall–Kier alpha value is -1.29. The summed E-state index contributed by atoms with van der Waals surface area (Å²) in [6.45, 7) is 8.50. The molecule has 0 amide bonds. The van der Waals surface area contributed by atoms with Crippen molar-refractivity contribution in [1.82, 2.24) is 0 Å². The summed E-state index contributed by atoms with van der Waals surface area (Å²) in [5, 5.41) is 19.8. The summed E-state index contributed by atoms with van der Waals surface area (Å²) in [4.78, 5) is 10.9. The molecule has 2 rings (SSSR count). The van der Waals surface area contributed by atoms with Crippen molar-refractivity contribution in [2.45, 2.75) is 52.6 Å². The van der Waals surface area contributed by atoms with Crippen LogP contribution in [0.1, 0.15) is 63.3 Å². The minimum absolute atomic E-state index is 0.00726. The highest BCUT2D eigenvalue weighted by atomic mass is 16.4. The molecule has 4 heteroatoms. The molecule has 0 aromatic carbocycles. The first-order valence-corrected chi connectivity index (χ1v) is 6.59. The van der Waals surface area contributed by atoms with Crippen LogP contribution in [0.15, 0.2) is 16.5 Å². The van der Waals surface area contributed by atoms with E-state index < -0.39 is 11.6 Å². The molecule has 1 aromatic rings. The summed E-state index contributed by atoms with van der Waals surface area (Å²) >= 11 is 0. The predicted molar refractivity (Wildman–Crippen MR) is 71.0 cm³/mol. The van der Waals surface area contributed by atoms with Crippen molar-refractivity contribution < 1.29 is 19.4 Å². The van der Waals surface area contributed by atoms with Gasteiger partial charge < -0.3 is 14.6 Å². The van der Waals surface area contributed by atoms with Crippen molar-refractivity contribution in [3.63, 3.8) is 0 Å². The first-order valence-electron chi connectivity index (χ1n) is 6.59. The molecule has 1 heterocycles. The van der Waals surface area contributed by atoms with Crippen molar-refractivity contribution in [2.75, 3.05) is 0 Å². The number of rotatable bonds is 2. The van der Waals surface area contributed by atoms with Crippen molar-refractivity contribution in [3.05, 3.63) is 23.7 Å². The number of carboxylic acids is 1. The first kappa shape index (κ1) is 14.1. The van der Waals surface area contributed by atoms with Gasteiger partial charge in [-0.25, -0.2) is 4.79 Å². The highest BCUT2D eigenvalue weighted by molar-refractivity contribution is 5.84. The number of carboxylic acid groups (broad SMARTS) is 1. The summed E-state index contributed by atoms with van der Waals surface area (Å²) in [5.74, 6) is -0.862. The van der Waals surface area contributed by atoms with E-state index in [2.05, 4.69) is 27.7 Å². The fourth-order valence-corrected chi connectivity index (χ4v) is 3.94. The largest absolute Gasteiger partial charge is 0.475 e. The van der Waals surface area contributed by atoms with Gasteiger partial charge in [0.2, 0.25) is 5.76 Å². The zero-order valence-electron chi connectivity index (χ0n) is 12.0. The second-order valence-electron chi connectivity index (χ2n) is 7.36. The second kappa shape index (κ2) is 4.10. The molecule has 1 saturated carbocycles. The third-order valence-electron chi connectivity index (χ3n) is 3.77. The Kier molecular flexibility index (Phi) is 3.05. The molecule has 0 atom stereocenters. The average molecular weight is 266 g/mol. The molecule has 0 bridgehead atoms. The molecule has 0 spiro atoms. The van der Waals surface area contributed by atoms with Gasteiger partial charge in [0, 0.05) is 0 Å². The third kappa shape index (κ3) is 2.84. The molecule has 19 heavy (non-hydrogen) atoms. The lowest BCUT2D eigenvalue weighted by Crippen LogP contribution is -2.43. The van der Waals surface area contributed by atoms with E-state index in [0.29, 0.717) is 18.6 Å². The van der Waals surface area contributed by atoms with E-state index in [1.54, 1.807) is 6.07 Å². The van der Waals surface area contributed by atoms with Crippen LogP contribution in [0, 0.1) is 10.8 Å². The van der Waals surface area contributed by atoms with Crippen molar-refractivity contribution in [1.29, 1.82) is 0 Å². The van der Waals surface area contributed by atoms with Crippen LogP contribution in [-0.4, -0.2) is 16.2 Å². The smallest absolute Gasteiger partial charge is 0.371 e. The Bertz CT molecular complexity index is 480. The molecule has 0 radical (unpaired) electrons. The lowest BCUT2D eigenvalue weighted by molar-refractivity contribution is -0.104. The first-order chi connectivity index (χ1) is 8.53. The Morgan fingerprint density at radius 1 is 1.11 bits per heavy atom. The second-order valence-corrected chi connectivity index (χ2v) is 7.36. The summed E-state index contributed by atoms with van der Waals surface area (Å²) < 4.78 is 5.32. The Labute approximate surface area is 113 Å². The highest BCUT2D eigenvalue weighted by Crippen LogP contribution is 2.53. The molecule has 4 nitrogen and oxygen atoms in total. The van der Waals surface area contributed by atoms with Gasteiger partial charge in [0.1, 0.15) is 11.4 Å².